The Hall–Kier alpha value is -3.75. The largest absolute Gasteiger partial charge is 0.473 e. The van der Waals surface area contributed by atoms with Gasteiger partial charge in [0, 0.05) is 40.4 Å². The van der Waals surface area contributed by atoms with Gasteiger partial charge in [0.15, 0.2) is 0 Å². The van der Waals surface area contributed by atoms with Gasteiger partial charge in [-0.1, -0.05) is 5.16 Å². The van der Waals surface area contributed by atoms with E-state index in [1.165, 1.54) is 11.3 Å². The number of anilines is 1. The molecule has 0 radical (unpaired) electrons. The number of aromatic nitrogens is 5. The lowest BCUT2D eigenvalue weighted by molar-refractivity contribution is 0.117. The molecule has 5 heterocycles. The summed E-state index contributed by atoms with van der Waals surface area (Å²) < 4.78 is 14.4. The Morgan fingerprint density at radius 1 is 1.25 bits per heavy atom. The number of nitrogens with two attached hydrogens (primary N) is 1. The summed E-state index contributed by atoms with van der Waals surface area (Å²) in [5.74, 6) is 2.16. The highest BCUT2D eigenvalue weighted by molar-refractivity contribution is 7.16. The van der Waals surface area contributed by atoms with Crippen molar-refractivity contribution in [3.8, 4) is 29.4 Å². The van der Waals surface area contributed by atoms with Gasteiger partial charge in [-0.2, -0.15) is 10.2 Å². The monoisotopic (exact) mass is 556 g/mol. The summed E-state index contributed by atoms with van der Waals surface area (Å²) in [7, 11) is 2.14. The Morgan fingerprint density at radius 3 is 2.85 bits per heavy atom. The fourth-order valence-electron chi connectivity index (χ4n) is 7.13. The summed E-state index contributed by atoms with van der Waals surface area (Å²) >= 11 is 1.55. The first-order chi connectivity index (χ1) is 19.5. The number of rotatable bonds is 5. The minimum absolute atomic E-state index is 0.0353. The summed E-state index contributed by atoms with van der Waals surface area (Å²) in [4.78, 5) is 17.5. The molecule has 206 valence electrons. The van der Waals surface area contributed by atoms with E-state index in [2.05, 4.69) is 35.1 Å². The minimum Gasteiger partial charge on any atom is -0.473 e. The van der Waals surface area contributed by atoms with Crippen LogP contribution in [-0.4, -0.2) is 55.3 Å². The molecule has 7 rings (SSSR count). The molecule has 2 aliphatic carbocycles. The second-order valence-corrected chi connectivity index (χ2v) is 12.4. The topological polar surface area (TPSA) is 132 Å². The Bertz CT molecular complexity index is 1600. The first kappa shape index (κ1) is 25.2. The van der Waals surface area contributed by atoms with Crippen LogP contribution in [0.3, 0.4) is 0 Å². The summed E-state index contributed by atoms with van der Waals surface area (Å²) in [5, 5.41) is 15.3. The lowest BCUT2D eigenvalue weighted by Gasteiger charge is -2.39. The third-order valence-electron chi connectivity index (χ3n) is 8.96. The smallest absolute Gasteiger partial charge is 0.219 e. The predicted octanol–water partition coefficient (Wildman–Crippen LogP) is 4.65. The fourth-order valence-corrected chi connectivity index (χ4v) is 8.29. The number of fused-ring (bicyclic) bond motifs is 4. The van der Waals surface area contributed by atoms with Crippen molar-refractivity contribution in [3.63, 3.8) is 0 Å². The third-order valence-corrected chi connectivity index (χ3v) is 10.0. The van der Waals surface area contributed by atoms with Gasteiger partial charge in [0.1, 0.15) is 29.3 Å². The van der Waals surface area contributed by atoms with Gasteiger partial charge in [-0.05, 0) is 77.4 Å². The van der Waals surface area contributed by atoms with Crippen LogP contribution in [0.15, 0.2) is 29.3 Å². The van der Waals surface area contributed by atoms with Crippen molar-refractivity contribution in [2.45, 2.75) is 75.9 Å². The van der Waals surface area contributed by atoms with Crippen molar-refractivity contribution >= 4 is 16.3 Å². The molecular weight excluding hydrogens is 524 g/mol. The van der Waals surface area contributed by atoms with Crippen LogP contribution in [0.4, 0.5) is 5.00 Å². The average Bonchev–Trinajstić information content (AvgIpc) is 3.75. The average molecular weight is 557 g/mol. The van der Waals surface area contributed by atoms with Crippen LogP contribution in [-0.2, 0) is 18.3 Å². The van der Waals surface area contributed by atoms with Crippen LogP contribution in [0.5, 0.6) is 5.88 Å². The zero-order valence-electron chi connectivity index (χ0n) is 22.8. The maximum absolute atomic E-state index is 10.0. The van der Waals surface area contributed by atoms with E-state index >= 15 is 0 Å². The molecule has 0 aromatic carbocycles. The summed E-state index contributed by atoms with van der Waals surface area (Å²) in [6.07, 6.45) is 13.1. The highest BCUT2D eigenvalue weighted by Crippen LogP contribution is 2.54. The molecule has 3 atom stereocenters. The van der Waals surface area contributed by atoms with Gasteiger partial charge in [0.25, 0.3) is 0 Å². The highest BCUT2D eigenvalue weighted by Gasteiger charge is 2.48. The molecule has 0 saturated carbocycles. The first-order valence-electron chi connectivity index (χ1n) is 14.0. The van der Waals surface area contributed by atoms with Gasteiger partial charge in [0.05, 0.1) is 11.3 Å². The Balaban J connectivity index is 1.33. The summed E-state index contributed by atoms with van der Waals surface area (Å²) in [6, 6.07) is 4.58. The molecule has 1 saturated heterocycles. The molecule has 1 fully saturated rings. The van der Waals surface area contributed by atoms with Crippen molar-refractivity contribution in [2.75, 3.05) is 19.3 Å². The molecule has 2 N–H and O–H groups in total. The van der Waals surface area contributed by atoms with Crippen LogP contribution in [0.25, 0.3) is 17.4 Å². The number of thiophene rings is 1. The molecule has 4 aromatic heterocycles. The number of likely N-dealkylation sites (tertiary alicyclic amines) is 1. The standard InChI is InChI=1S/C29H32N8O2S/c1-17(20-7-5-12-36(20)2)38-23-14-22(37-13-11-32-16-37)33-28(34-23)25-18-6-3-9-29(26(18)35-39-25)10-4-8-21-24(29)19(15-30)27(31)40-21/h11,13-14,16-17,20H,3-10,12,31H2,1-2H3/t17-,20-,29-/m0/s1. The second-order valence-electron chi connectivity index (χ2n) is 11.3. The van der Waals surface area contributed by atoms with Crippen molar-refractivity contribution in [2.24, 2.45) is 0 Å². The van der Waals surface area contributed by atoms with Gasteiger partial charge in [-0.25, -0.2) is 9.97 Å². The predicted molar refractivity (Wildman–Crippen MR) is 150 cm³/mol. The molecule has 0 bridgehead atoms. The molecule has 3 aliphatic rings. The van der Waals surface area contributed by atoms with E-state index in [9.17, 15) is 5.26 Å². The summed E-state index contributed by atoms with van der Waals surface area (Å²) in [6.45, 7) is 3.18. The Morgan fingerprint density at radius 2 is 2.10 bits per heavy atom. The maximum Gasteiger partial charge on any atom is 0.219 e. The molecule has 0 amide bonds. The number of nitrogen functional groups attached to an aromatic ring is 1. The number of aryl methyl sites for hydroxylation is 1. The lowest BCUT2D eigenvalue weighted by Crippen LogP contribution is -2.38. The molecule has 0 unspecified atom stereocenters. The van der Waals surface area contributed by atoms with E-state index in [0.717, 1.165) is 68.3 Å². The van der Waals surface area contributed by atoms with E-state index < -0.39 is 0 Å². The van der Waals surface area contributed by atoms with Gasteiger partial charge >= 0.3 is 0 Å². The highest BCUT2D eigenvalue weighted by atomic mass is 32.1. The van der Waals surface area contributed by atoms with E-state index in [1.54, 1.807) is 23.9 Å². The van der Waals surface area contributed by atoms with Crippen molar-refractivity contribution < 1.29 is 9.26 Å². The zero-order valence-corrected chi connectivity index (χ0v) is 23.6. The van der Waals surface area contributed by atoms with E-state index in [0.29, 0.717) is 39.9 Å². The Kier molecular flexibility index (Phi) is 6.13. The Labute approximate surface area is 236 Å². The van der Waals surface area contributed by atoms with Crippen molar-refractivity contribution in [1.82, 2.24) is 29.6 Å². The van der Waals surface area contributed by atoms with Crippen LogP contribution >= 0.6 is 11.3 Å². The molecule has 40 heavy (non-hydrogen) atoms. The van der Waals surface area contributed by atoms with Crippen molar-refractivity contribution in [1.29, 1.82) is 5.26 Å². The molecule has 11 heteroatoms. The van der Waals surface area contributed by atoms with Gasteiger partial charge in [-0.15, -0.1) is 11.3 Å². The number of hydrogen-bond acceptors (Lipinski definition) is 10. The second kappa shape index (κ2) is 9.71. The first-order valence-corrected chi connectivity index (χ1v) is 14.9. The third kappa shape index (κ3) is 3.92. The molecule has 1 spiro atoms. The maximum atomic E-state index is 10.0. The van der Waals surface area contributed by atoms with E-state index in [4.69, 9.17) is 25.0 Å². The van der Waals surface area contributed by atoms with Gasteiger partial charge < -0.3 is 15.0 Å². The van der Waals surface area contributed by atoms with Gasteiger partial charge in [-0.3, -0.25) is 9.47 Å². The minimum atomic E-state index is -0.370. The van der Waals surface area contributed by atoms with Crippen LogP contribution < -0.4 is 10.5 Å². The number of likely N-dealkylation sites (N-methyl/N-ethyl adjacent to an activating group) is 1. The number of nitrogens with zero attached hydrogens (tertiary/aromatic N) is 7. The number of nitriles is 1. The zero-order chi connectivity index (χ0) is 27.4. The molecule has 1 aliphatic heterocycles. The fraction of sp³-hybridized carbons (Fsp3) is 0.483. The van der Waals surface area contributed by atoms with E-state index in [-0.39, 0.29) is 11.5 Å². The van der Waals surface area contributed by atoms with Crippen LogP contribution in [0, 0.1) is 11.3 Å². The number of hydrogen-bond donors (Lipinski definition) is 1. The quantitative estimate of drug-likeness (QED) is 0.373. The normalized spacial score (nSPS) is 23.1. The van der Waals surface area contributed by atoms with Crippen LogP contribution in [0.2, 0.25) is 0 Å². The van der Waals surface area contributed by atoms with Crippen LogP contribution in [0.1, 0.15) is 72.7 Å². The lowest BCUT2D eigenvalue weighted by atomic mass is 9.62. The number of imidazole rings is 1. The van der Waals surface area contributed by atoms with E-state index in [1.807, 2.05) is 16.8 Å². The van der Waals surface area contributed by atoms with Gasteiger partial charge in [0.2, 0.25) is 17.5 Å². The molecule has 4 aromatic rings. The molecular formula is C29H32N8O2S. The van der Waals surface area contributed by atoms with Crippen molar-refractivity contribution in [3.05, 3.63) is 52.0 Å². The summed E-state index contributed by atoms with van der Waals surface area (Å²) in [5.41, 5.74) is 9.55. The SMILES string of the molecule is C[C@H](Oc1cc(-n2ccnc2)nc(-c2onc3c2CCC[C@@]32CCCc3sc(N)c(C#N)c32)n1)[C@@H]1CCCN1C. The number of ether oxygens (including phenoxy) is 1. The molecule has 10 nitrogen and oxygen atoms in total.